The summed E-state index contributed by atoms with van der Waals surface area (Å²) in [5.41, 5.74) is 9.98. The van der Waals surface area contributed by atoms with E-state index in [4.69, 9.17) is 15.2 Å². The standard InChI is InChI=1S/C20H19NO2/c1-22-18-11-12-19(20(21)13-18)16-7-9-17(10-8-16)23-14-15-5-3-2-4-6-15/h2-13H,14,21H2,1H3. The van der Waals surface area contributed by atoms with Crippen LogP contribution in [0.4, 0.5) is 5.69 Å². The third kappa shape index (κ3) is 3.64. The lowest BCUT2D eigenvalue weighted by atomic mass is 10.0. The Kier molecular flexibility index (Phi) is 4.48. The van der Waals surface area contributed by atoms with E-state index in [0.29, 0.717) is 12.3 Å². The van der Waals surface area contributed by atoms with Crippen molar-refractivity contribution in [3.8, 4) is 22.6 Å². The van der Waals surface area contributed by atoms with Gasteiger partial charge in [0.2, 0.25) is 0 Å². The number of anilines is 1. The Morgan fingerprint density at radius 2 is 1.52 bits per heavy atom. The van der Waals surface area contributed by atoms with Gasteiger partial charge in [-0.3, -0.25) is 0 Å². The Morgan fingerprint density at radius 1 is 0.826 bits per heavy atom. The van der Waals surface area contributed by atoms with Crippen molar-refractivity contribution in [2.75, 3.05) is 12.8 Å². The van der Waals surface area contributed by atoms with Crippen LogP contribution in [0.1, 0.15) is 5.56 Å². The molecule has 116 valence electrons. The minimum Gasteiger partial charge on any atom is -0.497 e. The molecule has 0 unspecified atom stereocenters. The quantitative estimate of drug-likeness (QED) is 0.705. The number of nitrogens with two attached hydrogens (primary N) is 1. The first-order chi connectivity index (χ1) is 11.3. The molecule has 0 heterocycles. The number of benzene rings is 3. The molecule has 3 heteroatoms. The predicted molar refractivity (Wildman–Crippen MR) is 93.6 cm³/mol. The fourth-order valence-electron chi connectivity index (χ4n) is 2.40. The summed E-state index contributed by atoms with van der Waals surface area (Å²) in [4.78, 5) is 0. The van der Waals surface area contributed by atoms with Gasteiger partial charge in [0.05, 0.1) is 7.11 Å². The van der Waals surface area contributed by atoms with Gasteiger partial charge in [0, 0.05) is 17.3 Å². The number of methoxy groups -OCH3 is 1. The lowest BCUT2D eigenvalue weighted by Crippen LogP contribution is -1.95. The van der Waals surface area contributed by atoms with Crippen molar-refractivity contribution in [3.05, 3.63) is 78.4 Å². The van der Waals surface area contributed by atoms with Gasteiger partial charge in [-0.1, -0.05) is 42.5 Å². The zero-order chi connectivity index (χ0) is 16.1. The molecule has 0 aliphatic rings. The van der Waals surface area contributed by atoms with Crippen molar-refractivity contribution in [1.82, 2.24) is 0 Å². The van der Waals surface area contributed by atoms with Crippen molar-refractivity contribution in [3.63, 3.8) is 0 Å². The monoisotopic (exact) mass is 305 g/mol. The molecule has 0 aromatic heterocycles. The minimum atomic E-state index is 0.560. The number of hydrogen-bond donors (Lipinski definition) is 1. The summed E-state index contributed by atoms with van der Waals surface area (Å²) in [6.07, 6.45) is 0. The minimum absolute atomic E-state index is 0.560. The molecular formula is C20H19NO2. The molecule has 0 saturated carbocycles. The summed E-state index contributed by atoms with van der Waals surface area (Å²) < 4.78 is 11.0. The highest BCUT2D eigenvalue weighted by Gasteiger charge is 2.05. The predicted octanol–water partition coefficient (Wildman–Crippen LogP) is 4.52. The van der Waals surface area contributed by atoms with Crippen LogP contribution in [-0.2, 0) is 6.61 Å². The van der Waals surface area contributed by atoms with E-state index >= 15 is 0 Å². The average Bonchev–Trinajstić information content (AvgIpc) is 2.61. The summed E-state index contributed by atoms with van der Waals surface area (Å²) >= 11 is 0. The molecule has 0 aliphatic heterocycles. The van der Waals surface area contributed by atoms with Crippen molar-refractivity contribution >= 4 is 5.69 Å². The summed E-state index contributed by atoms with van der Waals surface area (Å²) in [7, 11) is 1.63. The Balaban J connectivity index is 1.72. The average molecular weight is 305 g/mol. The molecule has 23 heavy (non-hydrogen) atoms. The number of hydrogen-bond acceptors (Lipinski definition) is 3. The highest BCUT2D eigenvalue weighted by molar-refractivity contribution is 5.77. The van der Waals surface area contributed by atoms with Gasteiger partial charge in [0.1, 0.15) is 18.1 Å². The van der Waals surface area contributed by atoms with E-state index in [1.165, 1.54) is 0 Å². The van der Waals surface area contributed by atoms with Gasteiger partial charge >= 0.3 is 0 Å². The fourth-order valence-corrected chi connectivity index (χ4v) is 2.40. The Morgan fingerprint density at radius 3 is 2.17 bits per heavy atom. The van der Waals surface area contributed by atoms with Crippen molar-refractivity contribution in [2.24, 2.45) is 0 Å². The highest BCUT2D eigenvalue weighted by atomic mass is 16.5. The maximum atomic E-state index is 6.09. The second-order valence-corrected chi connectivity index (χ2v) is 5.25. The van der Waals surface area contributed by atoms with Crippen LogP contribution in [0.25, 0.3) is 11.1 Å². The molecule has 3 aromatic rings. The van der Waals surface area contributed by atoms with Crippen LogP contribution in [0.5, 0.6) is 11.5 Å². The molecule has 0 amide bonds. The molecule has 0 atom stereocenters. The second-order valence-electron chi connectivity index (χ2n) is 5.25. The van der Waals surface area contributed by atoms with Crippen molar-refractivity contribution < 1.29 is 9.47 Å². The van der Waals surface area contributed by atoms with E-state index in [0.717, 1.165) is 28.2 Å². The summed E-state index contributed by atoms with van der Waals surface area (Å²) in [6, 6.07) is 23.8. The van der Waals surface area contributed by atoms with Gasteiger partial charge in [0.25, 0.3) is 0 Å². The first-order valence-corrected chi connectivity index (χ1v) is 7.47. The summed E-state index contributed by atoms with van der Waals surface area (Å²) in [5, 5.41) is 0. The van der Waals surface area contributed by atoms with Crippen LogP contribution < -0.4 is 15.2 Å². The molecule has 2 N–H and O–H groups in total. The van der Waals surface area contributed by atoms with Gasteiger partial charge in [-0.05, 0) is 35.4 Å². The van der Waals surface area contributed by atoms with E-state index in [-0.39, 0.29) is 0 Å². The summed E-state index contributed by atoms with van der Waals surface area (Å²) in [5.74, 6) is 1.60. The second kappa shape index (κ2) is 6.88. The van der Waals surface area contributed by atoms with Crippen molar-refractivity contribution in [1.29, 1.82) is 0 Å². The third-order valence-corrected chi connectivity index (χ3v) is 3.67. The van der Waals surface area contributed by atoms with Crippen LogP contribution in [0.3, 0.4) is 0 Å². The zero-order valence-corrected chi connectivity index (χ0v) is 13.0. The normalized spacial score (nSPS) is 10.3. The molecule has 0 radical (unpaired) electrons. The van der Waals surface area contributed by atoms with E-state index in [9.17, 15) is 0 Å². The SMILES string of the molecule is COc1ccc(-c2ccc(OCc3ccccc3)cc2)c(N)c1. The number of nitrogen functional groups attached to an aromatic ring is 1. The third-order valence-electron chi connectivity index (χ3n) is 3.67. The first-order valence-electron chi connectivity index (χ1n) is 7.47. The van der Waals surface area contributed by atoms with Crippen LogP contribution in [-0.4, -0.2) is 7.11 Å². The fraction of sp³-hybridized carbons (Fsp3) is 0.100. The van der Waals surface area contributed by atoms with Crippen LogP contribution >= 0.6 is 0 Å². The molecule has 0 saturated heterocycles. The largest absolute Gasteiger partial charge is 0.497 e. The van der Waals surface area contributed by atoms with Gasteiger partial charge in [-0.15, -0.1) is 0 Å². The maximum Gasteiger partial charge on any atom is 0.120 e. The molecule has 3 aromatic carbocycles. The molecule has 3 nitrogen and oxygen atoms in total. The molecule has 0 bridgehead atoms. The van der Waals surface area contributed by atoms with E-state index in [1.54, 1.807) is 7.11 Å². The van der Waals surface area contributed by atoms with E-state index in [2.05, 4.69) is 0 Å². The van der Waals surface area contributed by atoms with E-state index in [1.807, 2.05) is 72.8 Å². The van der Waals surface area contributed by atoms with Gasteiger partial charge in [-0.25, -0.2) is 0 Å². The van der Waals surface area contributed by atoms with E-state index < -0.39 is 0 Å². The Hall–Kier alpha value is -2.94. The topological polar surface area (TPSA) is 44.5 Å². The molecular weight excluding hydrogens is 286 g/mol. The number of rotatable bonds is 5. The smallest absolute Gasteiger partial charge is 0.120 e. The molecule has 0 aliphatic carbocycles. The molecule has 0 fully saturated rings. The first kappa shape index (κ1) is 15.0. The Bertz CT molecular complexity index is 767. The van der Waals surface area contributed by atoms with Crippen LogP contribution in [0.2, 0.25) is 0 Å². The zero-order valence-electron chi connectivity index (χ0n) is 13.0. The summed E-state index contributed by atoms with van der Waals surface area (Å²) in [6.45, 7) is 0.560. The Labute approximate surface area is 136 Å². The van der Waals surface area contributed by atoms with Gasteiger partial charge in [0.15, 0.2) is 0 Å². The van der Waals surface area contributed by atoms with Crippen LogP contribution in [0, 0.1) is 0 Å². The maximum absolute atomic E-state index is 6.09. The highest BCUT2D eigenvalue weighted by Crippen LogP contribution is 2.30. The van der Waals surface area contributed by atoms with Gasteiger partial charge in [-0.2, -0.15) is 0 Å². The van der Waals surface area contributed by atoms with Gasteiger partial charge < -0.3 is 15.2 Å². The lowest BCUT2D eigenvalue weighted by Gasteiger charge is -2.10. The van der Waals surface area contributed by atoms with Crippen LogP contribution in [0.15, 0.2) is 72.8 Å². The van der Waals surface area contributed by atoms with Crippen molar-refractivity contribution in [2.45, 2.75) is 6.61 Å². The molecule has 0 spiro atoms. The lowest BCUT2D eigenvalue weighted by molar-refractivity contribution is 0.306. The number of ether oxygens (including phenoxy) is 2. The molecule has 3 rings (SSSR count).